The van der Waals surface area contributed by atoms with Gasteiger partial charge in [0.25, 0.3) is 0 Å². The van der Waals surface area contributed by atoms with Crippen molar-refractivity contribution in [1.29, 1.82) is 0 Å². The summed E-state index contributed by atoms with van der Waals surface area (Å²) in [6, 6.07) is 2.18. The van der Waals surface area contributed by atoms with E-state index in [1.54, 1.807) is 11.3 Å². The summed E-state index contributed by atoms with van der Waals surface area (Å²) in [5, 5.41) is 4.33. The highest BCUT2D eigenvalue weighted by atomic mass is 32.1. The van der Waals surface area contributed by atoms with E-state index in [4.69, 9.17) is 0 Å². The van der Waals surface area contributed by atoms with Gasteiger partial charge in [-0.1, -0.05) is 0 Å². The van der Waals surface area contributed by atoms with E-state index in [1.165, 1.54) is 5.56 Å². The van der Waals surface area contributed by atoms with Gasteiger partial charge in [0.2, 0.25) is 5.91 Å². The first-order valence-electron chi connectivity index (χ1n) is 7.30. The van der Waals surface area contributed by atoms with E-state index in [2.05, 4.69) is 45.6 Å². The van der Waals surface area contributed by atoms with Crippen LogP contribution >= 0.6 is 11.3 Å². The fourth-order valence-electron chi connectivity index (χ4n) is 3.33. The molecule has 0 bridgehead atoms. The molecule has 2 saturated heterocycles. The van der Waals surface area contributed by atoms with E-state index < -0.39 is 0 Å². The summed E-state index contributed by atoms with van der Waals surface area (Å²) < 4.78 is 0. The van der Waals surface area contributed by atoms with Crippen molar-refractivity contribution in [2.24, 2.45) is 11.8 Å². The van der Waals surface area contributed by atoms with Gasteiger partial charge in [0.1, 0.15) is 0 Å². The molecule has 0 spiro atoms. The average molecular weight is 293 g/mol. The van der Waals surface area contributed by atoms with Crippen LogP contribution in [-0.2, 0) is 11.3 Å². The Kier molecular flexibility index (Phi) is 4.10. The Bertz CT molecular complexity index is 460. The number of carbonyl (C=O) groups excluding carboxylic acids is 1. The largest absolute Gasteiger partial charge is 0.341 e. The van der Waals surface area contributed by atoms with Crippen molar-refractivity contribution in [3.63, 3.8) is 0 Å². The molecule has 3 rings (SSSR count). The van der Waals surface area contributed by atoms with E-state index in [1.807, 2.05) is 0 Å². The van der Waals surface area contributed by atoms with Crippen molar-refractivity contribution in [3.05, 3.63) is 22.4 Å². The highest BCUT2D eigenvalue weighted by Crippen LogP contribution is 2.32. The molecular formula is C15H23N3OS. The zero-order valence-corrected chi connectivity index (χ0v) is 13.1. The van der Waals surface area contributed by atoms with Crippen LogP contribution in [0.1, 0.15) is 5.56 Å². The maximum atomic E-state index is 12.4. The van der Waals surface area contributed by atoms with Crippen molar-refractivity contribution in [3.8, 4) is 0 Å². The minimum absolute atomic E-state index is 0.246. The van der Waals surface area contributed by atoms with Crippen molar-refractivity contribution in [2.75, 3.05) is 46.8 Å². The molecule has 3 heterocycles. The first-order chi connectivity index (χ1) is 9.63. The van der Waals surface area contributed by atoms with Crippen LogP contribution in [0.5, 0.6) is 0 Å². The highest BCUT2D eigenvalue weighted by molar-refractivity contribution is 7.07. The van der Waals surface area contributed by atoms with Crippen LogP contribution in [-0.4, -0.2) is 67.4 Å². The fourth-order valence-corrected chi connectivity index (χ4v) is 3.98. The minimum Gasteiger partial charge on any atom is -0.341 e. The second kappa shape index (κ2) is 5.84. The van der Waals surface area contributed by atoms with Crippen molar-refractivity contribution in [1.82, 2.24) is 14.7 Å². The molecule has 0 saturated carbocycles. The van der Waals surface area contributed by atoms with Crippen LogP contribution < -0.4 is 0 Å². The number of likely N-dealkylation sites (tertiary alicyclic amines) is 2. The number of fused-ring (bicyclic) bond motifs is 1. The van der Waals surface area contributed by atoms with Gasteiger partial charge in [-0.25, -0.2) is 0 Å². The summed E-state index contributed by atoms with van der Waals surface area (Å²) in [6.07, 6.45) is 0. The molecule has 2 fully saturated rings. The third-order valence-electron chi connectivity index (χ3n) is 4.40. The van der Waals surface area contributed by atoms with Crippen molar-refractivity contribution in [2.45, 2.75) is 6.54 Å². The molecule has 5 heteroatoms. The molecule has 0 aliphatic carbocycles. The van der Waals surface area contributed by atoms with E-state index in [9.17, 15) is 4.79 Å². The maximum Gasteiger partial charge on any atom is 0.227 e. The lowest BCUT2D eigenvalue weighted by Gasteiger charge is -2.22. The normalized spacial score (nSPS) is 26.8. The molecule has 1 aromatic heterocycles. The first kappa shape index (κ1) is 14.0. The number of rotatable bonds is 5. The number of thiophene rings is 1. The Morgan fingerprint density at radius 2 is 2.20 bits per heavy atom. The van der Waals surface area contributed by atoms with Crippen molar-refractivity contribution < 1.29 is 4.79 Å². The summed E-state index contributed by atoms with van der Waals surface area (Å²) in [5.74, 6) is 1.17. The summed E-state index contributed by atoms with van der Waals surface area (Å²) in [4.78, 5) is 19.1. The molecule has 2 atom stereocenters. The molecule has 2 aliphatic heterocycles. The minimum atomic E-state index is 0.246. The van der Waals surface area contributed by atoms with Gasteiger partial charge < -0.3 is 9.80 Å². The van der Waals surface area contributed by atoms with Gasteiger partial charge in [0.15, 0.2) is 0 Å². The smallest absolute Gasteiger partial charge is 0.227 e. The molecule has 2 aliphatic rings. The van der Waals surface area contributed by atoms with Gasteiger partial charge in [-0.05, 0) is 36.5 Å². The zero-order valence-electron chi connectivity index (χ0n) is 12.3. The van der Waals surface area contributed by atoms with Crippen LogP contribution in [0.4, 0.5) is 0 Å². The van der Waals surface area contributed by atoms with Crippen LogP contribution in [0.2, 0.25) is 0 Å². The number of amides is 1. The van der Waals surface area contributed by atoms with E-state index in [0.29, 0.717) is 11.8 Å². The quantitative estimate of drug-likeness (QED) is 0.816. The average Bonchev–Trinajstić information content (AvgIpc) is 3.08. The molecule has 0 N–H and O–H groups in total. The number of carbonyl (C=O) groups is 1. The molecule has 20 heavy (non-hydrogen) atoms. The lowest BCUT2D eigenvalue weighted by atomic mass is 10.0. The summed E-state index contributed by atoms with van der Waals surface area (Å²) in [6.45, 7) is 5.81. The zero-order chi connectivity index (χ0) is 14.1. The van der Waals surface area contributed by atoms with E-state index in [0.717, 1.165) is 39.3 Å². The molecule has 0 radical (unpaired) electrons. The summed E-state index contributed by atoms with van der Waals surface area (Å²) >= 11 is 1.75. The second-order valence-electron chi connectivity index (χ2n) is 6.28. The van der Waals surface area contributed by atoms with Gasteiger partial charge >= 0.3 is 0 Å². The summed E-state index contributed by atoms with van der Waals surface area (Å²) in [5.41, 5.74) is 1.38. The van der Waals surface area contributed by atoms with Gasteiger partial charge in [0, 0.05) is 45.2 Å². The highest BCUT2D eigenvalue weighted by Gasteiger charge is 2.45. The van der Waals surface area contributed by atoms with E-state index >= 15 is 0 Å². The Morgan fingerprint density at radius 1 is 1.35 bits per heavy atom. The molecule has 0 aromatic carbocycles. The van der Waals surface area contributed by atoms with Crippen LogP contribution in [0.15, 0.2) is 16.8 Å². The molecular weight excluding hydrogens is 270 g/mol. The van der Waals surface area contributed by atoms with E-state index in [-0.39, 0.29) is 5.92 Å². The van der Waals surface area contributed by atoms with Gasteiger partial charge in [-0.15, -0.1) is 0 Å². The Balaban J connectivity index is 1.53. The Morgan fingerprint density at radius 3 is 2.85 bits per heavy atom. The summed E-state index contributed by atoms with van der Waals surface area (Å²) in [7, 11) is 4.12. The topological polar surface area (TPSA) is 26.8 Å². The van der Waals surface area contributed by atoms with Crippen LogP contribution in [0.3, 0.4) is 0 Å². The van der Waals surface area contributed by atoms with Crippen LogP contribution in [0.25, 0.3) is 0 Å². The third kappa shape index (κ3) is 2.90. The molecule has 110 valence electrons. The molecule has 4 nitrogen and oxygen atoms in total. The van der Waals surface area contributed by atoms with Crippen molar-refractivity contribution >= 4 is 17.2 Å². The lowest BCUT2D eigenvalue weighted by molar-refractivity contribution is -0.131. The predicted molar refractivity (Wildman–Crippen MR) is 81.7 cm³/mol. The Hall–Kier alpha value is -0.910. The second-order valence-corrected chi connectivity index (χ2v) is 7.06. The fraction of sp³-hybridized carbons (Fsp3) is 0.667. The third-order valence-corrected chi connectivity index (χ3v) is 5.14. The molecule has 1 amide bonds. The molecule has 1 aromatic rings. The SMILES string of the molecule is CN(C)CCN1C[C@@H]2CN(Cc3ccsc3)C[C@@H]2C1=O. The number of hydrogen-bond acceptors (Lipinski definition) is 4. The maximum absolute atomic E-state index is 12.4. The van der Waals surface area contributed by atoms with Crippen LogP contribution in [0, 0.1) is 11.8 Å². The monoisotopic (exact) mass is 293 g/mol. The standard InChI is InChI=1S/C15H23N3OS/c1-16(2)4-5-18-9-13-8-17(10-14(13)15(18)19)7-12-3-6-20-11-12/h3,6,11,13-14H,4-5,7-10H2,1-2H3/t13-,14-/m0/s1. The lowest BCUT2D eigenvalue weighted by Crippen LogP contribution is -2.36. The Labute approximate surface area is 125 Å². The first-order valence-corrected chi connectivity index (χ1v) is 8.24. The molecule has 0 unspecified atom stereocenters. The van der Waals surface area contributed by atoms with Gasteiger partial charge in [0.05, 0.1) is 5.92 Å². The number of nitrogens with zero attached hydrogens (tertiary/aromatic N) is 3. The number of likely N-dealkylation sites (N-methyl/N-ethyl adjacent to an activating group) is 1. The van der Waals surface area contributed by atoms with Gasteiger partial charge in [-0.3, -0.25) is 9.69 Å². The van der Waals surface area contributed by atoms with Gasteiger partial charge in [-0.2, -0.15) is 11.3 Å². The predicted octanol–water partition coefficient (Wildman–Crippen LogP) is 1.20. The number of hydrogen-bond donors (Lipinski definition) is 0.